The fourth-order valence-corrected chi connectivity index (χ4v) is 1.35. The number of rotatable bonds is 6. The van der Waals surface area contributed by atoms with Crippen LogP contribution in [0.1, 0.15) is 25.8 Å². The first-order valence-electron chi connectivity index (χ1n) is 5.49. The third-order valence-corrected chi connectivity index (χ3v) is 2.25. The molecular weight excluding hydrogens is 188 g/mol. The number of aryl methyl sites for hydroxylation is 1. The Hall–Kier alpha value is -0.930. The van der Waals surface area contributed by atoms with E-state index >= 15 is 0 Å². The van der Waals surface area contributed by atoms with Crippen molar-refractivity contribution in [3.8, 4) is 0 Å². The third kappa shape index (κ3) is 5.50. The summed E-state index contributed by atoms with van der Waals surface area (Å²) in [4.78, 5) is 4.04. The fourth-order valence-electron chi connectivity index (χ4n) is 1.35. The maximum Gasteiger partial charge on any atom is 0.0667 e. The van der Waals surface area contributed by atoms with E-state index in [1.807, 2.05) is 18.3 Å². The molecule has 1 unspecified atom stereocenters. The maximum absolute atomic E-state index is 9.68. The van der Waals surface area contributed by atoms with Crippen molar-refractivity contribution in [2.75, 3.05) is 6.54 Å². The van der Waals surface area contributed by atoms with Crippen molar-refractivity contribution in [1.29, 1.82) is 0 Å². The highest BCUT2D eigenvalue weighted by Crippen LogP contribution is 2.03. The molecule has 0 aliphatic rings. The average Bonchev–Trinajstić information content (AvgIpc) is 2.25. The predicted molar refractivity (Wildman–Crippen MR) is 61.7 cm³/mol. The van der Waals surface area contributed by atoms with Crippen molar-refractivity contribution < 1.29 is 5.11 Å². The van der Waals surface area contributed by atoms with E-state index in [0.29, 0.717) is 12.6 Å². The van der Waals surface area contributed by atoms with Gasteiger partial charge in [0.1, 0.15) is 0 Å². The van der Waals surface area contributed by atoms with E-state index in [9.17, 15) is 5.11 Å². The fraction of sp³-hybridized carbons (Fsp3) is 0.583. The van der Waals surface area contributed by atoms with Gasteiger partial charge in [0.2, 0.25) is 0 Å². The predicted octanol–water partition coefficient (Wildman–Crippen LogP) is 1.37. The smallest absolute Gasteiger partial charge is 0.0667 e. The first-order chi connectivity index (χ1) is 7.18. The van der Waals surface area contributed by atoms with Gasteiger partial charge in [-0.15, -0.1) is 0 Å². The van der Waals surface area contributed by atoms with E-state index in [1.165, 1.54) is 5.56 Å². The Bertz CT molecular complexity index is 262. The van der Waals surface area contributed by atoms with E-state index in [0.717, 1.165) is 12.8 Å². The zero-order chi connectivity index (χ0) is 11.1. The molecule has 1 aromatic rings. The Balaban J connectivity index is 2.19. The molecule has 0 spiro atoms. The Morgan fingerprint density at radius 2 is 2.27 bits per heavy atom. The van der Waals surface area contributed by atoms with Crippen LogP contribution in [0.4, 0.5) is 0 Å². The summed E-state index contributed by atoms with van der Waals surface area (Å²) in [5.74, 6) is 0. The Morgan fingerprint density at radius 3 is 2.87 bits per heavy atom. The van der Waals surface area contributed by atoms with Crippen molar-refractivity contribution in [3.05, 3.63) is 30.1 Å². The number of aliphatic hydroxyl groups excluding tert-OH is 1. The van der Waals surface area contributed by atoms with Gasteiger partial charge in [-0.3, -0.25) is 4.98 Å². The lowest BCUT2D eigenvalue weighted by atomic mass is 10.1. The van der Waals surface area contributed by atoms with Gasteiger partial charge in [0.25, 0.3) is 0 Å². The molecule has 2 N–H and O–H groups in total. The van der Waals surface area contributed by atoms with Crippen LogP contribution in [0.3, 0.4) is 0 Å². The molecule has 0 saturated carbocycles. The molecule has 1 aromatic heterocycles. The van der Waals surface area contributed by atoms with Gasteiger partial charge in [-0.05, 0) is 24.5 Å². The minimum Gasteiger partial charge on any atom is -0.392 e. The molecule has 0 saturated heterocycles. The molecular formula is C12H20N2O. The lowest BCUT2D eigenvalue weighted by Gasteiger charge is -2.13. The van der Waals surface area contributed by atoms with Crippen LogP contribution in [0, 0.1) is 0 Å². The molecule has 3 nitrogen and oxygen atoms in total. The number of nitrogens with zero attached hydrogens (tertiary/aromatic N) is 1. The molecule has 1 heterocycles. The lowest BCUT2D eigenvalue weighted by Crippen LogP contribution is -2.32. The minimum absolute atomic E-state index is 0.271. The summed E-state index contributed by atoms with van der Waals surface area (Å²) in [6.45, 7) is 4.82. The number of aliphatic hydroxyl groups is 1. The SMILES string of the molecule is CC(C)NCC(O)CCc1cccnc1. The summed E-state index contributed by atoms with van der Waals surface area (Å²) in [6.07, 6.45) is 5.01. The lowest BCUT2D eigenvalue weighted by molar-refractivity contribution is 0.159. The van der Waals surface area contributed by atoms with Gasteiger partial charge in [0.15, 0.2) is 0 Å². The van der Waals surface area contributed by atoms with E-state index in [2.05, 4.69) is 24.1 Å². The Morgan fingerprint density at radius 1 is 1.47 bits per heavy atom. The topological polar surface area (TPSA) is 45.1 Å². The molecule has 3 heteroatoms. The van der Waals surface area contributed by atoms with E-state index < -0.39 is 0 Å². The molecule has 84 valence electrons. The molecule has 0 aliphatic carbocycles. The summed E-state index contributed by atoms with van der Waals surface area (Å²) >= 11 is 0. The number of nitrogens with one attached hydrogen (secondary N) is 1. The van der Waals surface area contributed by atoms with Crippen molar-refractivity contribution in [1.82, 2.24) is 10.3 Å². The van der Waals surface area contributed by atoms with Crippen LogP contribution in [0.5, 0.6) is 0 Å². The second kappa shape index (κ2) is 6.53. The first-order valence-corrected chi connectivity index (χ1v) is 5.49. The van der Waals surface area contributed by atoms with Crippen molar-refractivity contribution >= 4 is 0 Å². The second-order valence-corrected chi connectivity index (χ2v) is 4.12. The highest BCUT2D eigenvalue weighted by Gasteiger charge is 2.04. The van der Waals surface area contributed by atoms with Gasteiger partial charge in [0, 0.05) is 25.0 Å². The van der Waals surface area contributed by atoms with Gasteiger partial charge < -0.3 is 10.4 Å². The standard InChI is InChI=1S/C12H20N2O/c1-10(2)14-9-12(15)6-5-11-4-3-7-13-8-11/h3-4,7-8,10,12,14-15H,5-6,9H2,1-2H3. The van der Waals surface area contributed by atoms with Crippen LogP contribution in [-0.2, 0) is 6.42 Å². The largest absolute Gasteiger partial charge is 0.392 e. The van der Waals surface area contributed by atoms with Crippen LogP contribution in [0.15, 0.2) is 24.5 Å². The minimum atomic E-state index is -0.271. The van der Waals surface area contributed by atoms with E-state index in [4.69, 9.17) is 0 Å². The molecule has 0 fully saturated rings. The van der Waals surface area contributed by atoms with Crippen LogP contribution in [-0.4, -0.2) is 28.8 Å². The van der Waals surface area contributed by atoms with Gasteiger partial charge in [-0.25, -0.2) is 0 Å². The quantitative estimate of drug-likeness (QED) is 0.742. The first kappa shape index (κ1) is 12.1. The molecule has 0 radical (unpaired) electrons. The van der Waals surface area contributed by atoms with Crippen LogP contribution in [0.25, 0.3) is 0 Å². The highest BCUT2D eigenvalue weighted by molar-refractivity contribution is 5.08. The number of hydrogen-bond acceptors (Lipinski definition) is 3. The highest BCUT2D eigenvalue weighted by atomic mass is 16.3. The Kier molecular flexibility index (Phi) is 5.29. The molecule has 0 bridgehead atoms. The van der Waals surface area contributed by atoms with E-state index in [-0.39, 0.29) is 6.10 Å². The van der Waals surface area contributed by atoms with Crippen molar-refractivity contribution in [2.24, 2.45) is 0 Å². The average molecular weight is 208 g/mol. The number of pyridine rings is 1. The van der Waals surface area contributed by atoms with Crippen LogP contribution in [0.2, 0.25) is 0 Å². The molecule has 1 rings (SSSR count). The monoisotopic (exact) mass is 208 g/mol. The molecule has 1 atom stereocenters. The van der Waals surface area contributed by atoms with Gasteiger partial charge >= 0.3 is 0 Å². The van der Waals surface area contributed by atoms with Crippen molar-refractivity contribution in [3.63, 3.8) is 0 Å². The van der Waals surface area contributed by atoms with Crippen LogP contribution >= 0.6 is 0 Å². The third-order valence-electron chi connectivity index (χ3n) is 2.25. The van der Waals surface area contributed by atoms with Gasteiger partial charge in [-0.2, -0.15) is 0 Å². The van der Waals surface area contributed by atoms with E-state index in [1.54, 1.807) is 6.20 Å². The normalized spacial score (nSPS) is 13.1. The number of hydrogen-bond donors (Lipinski definition) is 2. The summed E-state index contributed by atoms with van der Waals surface area (Å²) < 4.78 is 0. The maximum atomic E-state index is 9.68. The van der Waals surface area contributed by atoms with Crippen molar-refractivity contribution in [2.45, 2.75) is 38.8 Å². The number of aromatic nitrogens is 1. The second-order valence-electron chi connectivity index (χ2n) is 4.12. The molecule has 0 aromatic carbocycles. The molecule has 0 aliphatic heterocycles. The van der Waals surface area contributed by atoms with Gasteiger partial charge in [-0.1, -0.05) is 19.9 Å². The zero-order valence-electron chi connectivity index (χ0n) is 9.48. The zero-order valence-corrected chi connectivity index (χ0v) is 9.48. The summed E-state index contributed by atoms with van der Waals surface area (Å²) in [7, 11) is 0. The van der Waals surface area contributed by atoms with Crippen LogP contribution < -0.4 is 5.32 Å². The summed E-state index contributed by atoms with van der Waals surface area (Å²) in [5.41, 5.74) is 1.18. The summed E-state index contributed by atoms with van der Waals surface area (Å²) in [5, 5.41) is 12.9. The van der Waals surface area contributed by atoms with Gasteiger partial charge in [0.05, 0.1) is 6.10 Å². The molecule has 0 amide bonds. The Labute approximate surface area is 91.5 Å². The summed E-state index contributed by atoms with van der Waals surface area (Å²) in [6, 6.07) is 4.39. The molecule has 15 heavy (non-hydrogen) atoms.